The van der Waals surface area contributed by atoms with Crippen LogP contribution in [0.25, 0.3) is 0 Å². The number of hydrogen-bond donors (Lipinski definition) is 1. The fourth-order valence-electron chi connectivity index (χ4n) is 3.99. The Morgan fingerprint density at radius 3 is 2.50 bits per heavy atom. The highest BCUT2D eigenvalue weighted by Gasteiger charge is 2.41. The lowest BCUT2D eigenvalue weighted by Crippen LogP contribution is -2.40. The van der Waals surface area contributed by atoms with Crippen LogP contribution in [0, 0.1) is 3.57 Å². The molecule has 8 heteroatoms. The third kappa shape index (κ3) is 4.94. The van der Waals surface area contributed by atoms with Crippen LogP contribution in [0.1, 0.15) is 40.5 Å². The zero-order chi connectivity index (χ0) is 24.4. The van der Waals surface area contributed by atoms with Gasteiger partial charge in [0.15, 0.2) is 0 Å². The summed E-state index contributed by atoms with van der Waals surface area (Å²) in [6.45, 7) is 5.81. The van der Waals surface area contributed by atoms with Gasteiger partial charge in [-0.2, -0.15) is 0 Å². The van der Waals surface area contributed by atoms with Gasteiger partial charge >= 0.3 is 0 Å². The van der Waals surface area contributed by atoms with Crippen LogP contribution in [0.4, 0.5) is 5.69 Å². The molecule has 1 aliphatic rings. The topological polar surface area (TPSA) is 58.6 Å². The summed E-state index contributed by atoms with van der Waals surface area (Å²) in [5, 5.41) is 3.98. The van der Waals surface area contributed by atoms with Crippen LogP contribution in [-0.4, -0.2) is 23.3 Å². The highest BCUT2D eigenvalue weighted by molar-refractivity contribution is 14.1. The van der Waals surface area contributed by atoms with Crippen molar-refractivity contribution < 1.29 is 14.3 Å². The second kappa shape index (κ2) is 10.4. The molecule has 4 rings (SSSR count). The lowest BCUT2D eigenvalue weighted by molar-refractivity contribution is -0.121. The normalized spacial score (nSPS) is 16.4. The number of benzene rings is 3. The Morgan fingerprint density at radius 2 is 1.79 bits per heavy atom. The van der Waals surface area contributed by atoms with E-state index in [-0.39, 0.29) is 18.4 Å². The molecule has 0 unspecified atom stereocenters. The molecule has 174 valence electrons. The van der Waals surface area contributed by atoms with Gasteiger partial charge in [0.2, 0.25) is 0 Å². The van der Waals surface area contributed by atoms with E-state index in [4.69, 9.17) is 27.9 Å². The van der Waals surface area contributed by atoms with Crippen LogP contribution >= 0.6 is 45.8 Å². The molecule has 0 aliphatic carbocycles. The SMILES string of the molecule is C=CCOc1cc(Cl)ccc1[C@H]1C(=O)Nc2ccc(I)cc2C(=O)N1[C@H](C)c1ccc(Cl)cc1. The maximum Gasteiger partial charge on any atom is 0.257 e. The van der Waals surface area contributed by atoms with Gasteiger partial charge in [-0.3, -0.25) is 9.59 Å². The van der Waals surface area contributed by atoms with Gasteiger partial charge in [-0.25, -0.2) is 0 Å². The Hall–Kier alpha value is -2.55. The first-order valence-electron chi connectivity index (χ1n) is 10.5. The zero-order valence-corrected chi connectivity index (χ0v) is 21.9. The molecule has 0 spiro atoms. The second-order valence-corrected chi connectivity index (χ2v) is 9.92. The van der Waals surface area contributed by atoms with Crippen LogP contribution < -0.4 is 10.1 Å². The fraction of sp³-hybridized carbons (Fsp3) is 0.154. The molecule has 1 heterocycles. The highest BCUT2D eigenvalue weighted by Crippen LogP contribution is 2.41. The van der Waals surface area contributed by atoms with Gasteiger partial charge in [-0.05, 0) is 77.5 Å². The van der Waals surface area contributed by atoms with E-state index in [0.717, 1.165) is 9.13 Å². The lowest BCUT2D eigenvalue weighted by Gasteiger charge is -2.35. The molecule has 5 nitrogen and oxygen atoms in total. The number of hydrogen-bond acceptors (Lipinski definition) is 3. The fourth-order valence-corrected chi connectivity index (χ4v) is 4.77. The quantitative estimate of drug-likeness (QED) is 0.241. The molecule has 2 atom stereocenters. The van der Waals surface area contributed by atoms with Crippen molar-refractivity contribution in [3.8, 4) is 5.75 Å². The van der Waals surface area contributed by atoms with E-state index in [9.17, 15) is 9.59 Å². The predicted molar refractivity (Wildman–Crippen MR) is 144 cm³/mol. The first-order chi connectivity index (χ1) is 16.3. The number of carbonyl (C=O) groups is 2. The number of amides is 2. The molecule has 1 N–H and O–H groups in total. The van der Waals surface area contributed by atoms with Crippen LogP contribution in [0.2, 0.25) is 10.0 Å². The first-order valence-corrected chi connectivity index (χ1v) is 12.3. The van der Waals surface area contributed by atoms with Crippen molar-refractivity contribution in [1.29, 1.82) is 0 Å². The lowest BCUT2D eigenvalue weighted by atomic mass is 9.98. The van der Waals surface area contributed by atoms with Gasteiger partial charge in [-0.15, -0.1) is 0 Å². The molecule has 1 aliphatic heterocycles. The van der Waals surface area contributed by atoms with Crippen LogP contribution in [-0.2, 0) is 4.79 Å². The van der Waals surface area contributed by atoms with Crippen molar-refractivity contribution in [2.45, 2.75) is 19.0 Å². The molecule has 0 saturated carbocycles. The van der Waals surface area contributed by atoms with E-state index >= 15 is 0 Å². The minimum atomic E-state index is -0.972. The zero-order valence-electron chi connectivity index (χ0n) is 18.2. The van der Waals surface area contributed by atoms with Crippen molar-refractivity contribution in [3.05, 3.63) is 104 Å². The molecule has 0 aromatic heterocycles. The molecular formula is C26H21Cl2IN2O3. The van der Waals surface area contributed by atoms with Gasteiger partial charge in [0.1, 0.15) is 18.4 Å². The Bertz CT molecular complexity index is 1260. The molecule has 0 bridgehead atoms. The molecule has 2 amide bonds. The summed E-state index contributed by atoms with van der Waals surface area (Å²) in [6.07, 6.45) is 1.61. The van der Waals surface area contributed by atoms with Gasteiger partial charge in [0, 0.05) is 19.2 Å². The van der Waals surface area contributed by atoms with Crippen molar-refractivity contribution >= 4 is 63.3 Å². The van der Waals surface area contributed by atoms with Gasteiger partial charge in [-0.1, -0.05) is 54.1 Å². The molecule has 3 aromatic rings. The molecule has 0 radical (unpaired) electrons. The molecule has 3 aromatic carbocycles. The first kappa shape index (κ1) is 24.6. The smallest absolute Gasteiger partial charge is 0.257 e. The van der Waals surface area contributed by atoms with E-state index in [1.54, 1.807) is 53.4 Å². The number of anilines is 1. The van der Waals surface area contributed by atoms with Crippen LogP contribution in [0.5, 0.6) is 5.75 Å². The predicted octanol–water partition coefficient (Wildman–Crippen LogP) is 7.06. The van der Waals surface area contributed by atoms with E-state index < -0.39 is 12.1 Å². The number of ether oxygens (including phenoxy) is 1. The van der Waals surface area contributed by atoms with Crippen LogP contribution in [0.3, 0.4) is 0 Å². The minimum Gasteiger partial charge on any atom is -0.489 e. The molecule has 34 heavy (non-hydrogen) atoms. The Kier molecular flexibility index (Phi) is 7.50. The number of nitrogens with zero attached hydrogens (tertiary/aromatic N) is 1. The van der Waals surface area contributed by atoms with Crippen molar-refractivity contribution in [1.82, 2.24) is 4.90 Å². The number of fused-ring (bicyclic) bond motifs is 1. The maximum absolute atomic E-state index is 14.0. The summed E-state index contributed by atoms with van der Waals surface area (Å²) < 4.78 is 6.74. The largest absolute Gasteiger partial charge is 0.489 e. The third-order valence-electron chi connectivity index (χ3n) is 5.63. The summed E-state index contributed by atoms with van der Waals surface area (Å²) in [5.74, 6) is -0.210. The number of halogens is 3. The van der Waals surface area contributed by atoms with E-state index in [0.29, 0.717) is 32.6 Å². The van der Waals surface area contributed by atoms with Crippen LogP contribution in [0.15, 0.2) is 73.3 Å². The summed E-state index contributed by atoms with van der Waals surface area (Å²) in [4.78, 5) is 29.3. The molecule has 0 fully saturated rings. The van der Waals surface area contributed by atoms with E-state index in [1.165, 1.54) is 0 Å². The van der Waals surface area contributed by atoms with Crippen molar-refractivity contribution in [2.75, 3.05) is 11.9 Å². The van der Waals surface area contributed by atoms with Crippen molar-refractivity contribution in [2.24, 2.45) is 0 Å². The molecular weight excluding hydrogens is 586 g/mol. The van der Waals surface area contributed by atoms with Gasteiger partial charge in [0.05, 0.1) is 17.3 Å². The average Bonchev–Trinajstić information content (AvgIpc) is 2.92. The van der Waals surface area contributed by atoms with E-state index in [1.807, 2.05) is 25.1 Å². The number of nitrogens with one attached hydrogen (secondary N) is 1. The highest BCUT2D eigenvalue weighted by atomic mass is 127. The molecule has 0 saturated heterocycles. The summed E-state index contributed by atoms with van der Waals surface area (Å²) >= 11 is 14.5. The second-order valence-electron chi connectivity index (χ2n) is 7.80. The third-order valence-corrected chi connectivity index (χ3v) is 6.79. The Labute approximate surface area is 221 Å². The number of carbonyl (C=O) groups excluding carboxylic acids is 2. The monoisotopic (exact) mass is 606 g/mol. The van der Waals surface area contributed by atoms with E-state index in [2.05, 4.69) is 34.5 Å². The average molecular weight is 607 g/mol. The standard InChI is InChI=1S/C26H21Cl2IN2O3/c1-3-12-34-23-13-18(28)8-10-20(23)24-25(32)30-22-11-9-19(29)14-21(22)26(33)31(24)15(2)16-4-6-17(27)7-5-16/h3-11,13-15,24H,1,12H2,2H3,(H,30,32)/t15-,24+/m1/s1. The van der Waals surface area contributed by atoms with Gasteiger partial charge in [0.25, 0.3) is 11.8 Å². The summed E-state index contributed by atoms with van der Waals surface area (Å²) in [7, 11) is 0. The minimum absolute atomic E-state index is 0.223. The number of rotatable bonds is 6. The summed E-state index contributed by atoms with van der Waals surface area (Å²) in [5.41, 5.74) is 2.26. The van der Waals surface area contributed by atoms with Gasteiger partial charge < -0.3 is 15.0 Å². The van der Waals surface area contributed by atoms with Crippen molar-refractivity contribution in [3.63, 3.8) is 0 Å². The summed E-state index contributed by atoms with van der Waals surface area (Å²) in [6, 6.07) is 16.2. The Morgan fingerprint density at radius 1 is 1.09 bits per heavy atom. The maximum atomic E-state index is 14.0. The Balaban J connectivity index is 1.91.